The molecule has 0 aliphatic carbocycles. The summed E-state index contributed by atoms with van der Waals surface area (Å²) in [5.41, 5.74) is 0. The SMILES string of the molecule is CC(=O)C(C)(C)S(=O)(=O)c1ccccc1O. The molecule has 0 saturated heterocycles. The van der Waals surface area contributed by atoms with Crippen LogP contribution in [-0.4, -0.2) is 24.1 Å². The van der Waals surface area contributed by atoms with Crippen LogP contribution in [0.25, 0.3) is 0 Å². The Balaban J connectivity index is 3.45. The lowest BCUT2D eigenvalue weighted by Gasteiger charge is -2.21. The number of carbonyl (C=O) groups excluding carboxylic acids is 1. The molecule has 16 heavy (non-hydrogen) atoms. The molecule has 4 nitrogen and oxygen atoms in total. The second-order valence-electron chi connectivity index (χ2n) is 4.04. The number of para-hydroxylation sites is 1. The molecular formula is C11H14O4S. The summed E-state index contributed by atoms with van der Waals surface area (Å²) in [6.45, 7) is 3.88. The Labute approximate surface area is 94.8 Å². The van der Waals surface area contributed by atoms with Crippen molar-refractivity contribution < 1.29 is 18.3 Å². The van der Waals surface area contributed by atoms with Crippen molar-refractivity contribution in [1.29, 1.82) is 0 Å². The lowest BCUT2D eigenvalue weighted by molar-refractivity contribution is -0.118. The van der Waals surface area contributed by atoms with Gasteiger partial charge in [-0.1, -0.05) is 12.1 Å². The third kappa shape index (κ3) is 1.82. The molecule has 0 fully saturated rings. The van der Waals surface area contributed by atoms with Gasteiger partial charge in [-0.2, -0.15) is 0 Å². The van der Waals surface area contributed by atoms with Gasteiger partial charge in [0.05, 0.1) is 0 Å². The number of phenols is 1. The number of hydrogen-bond donors (Lipinski definition) is 1. The van der Waals surface area contributed by atoms with Crippen molar-refractivity contribution in [2.45, 2.75) is 30.4 Å². The van der Waals surface area contributed by atoms with E-state index in [2.05, 4.69) is 0 Å². The second kappa shape index (κ2) is 3.90. The molecule has 0 aromatic heterocycles. The number of phenolic OH excluding ortho intramolecular Hbond substituents is 1. The van der Waals surface area contributed by atoms with E-state index in [9.17, 15) is 18.3 Å². The summed E-state index contributed by atoms with van der Waals surface area (Å²) in [5.74, 6) is -0.799. The van der Waals surface area contributed by atoms with Crippen molar-refractivity contribution in [2.24, 2.45) is 0 Å². The highest BCUT2D eigenvalue weighted by Crippen LogP contribution is 2.31. The summed E-state index contributed by atoms with van der Waals surface area (Å²) in [4.78, 5) is 11.1. The third-order valence-corrected chi connectivity index (χ3v) is 5.23. The molecule has 1 aromatic rings. The van der Waals surface area contributed by atoms with Gasteiger partial charge in [0.25, 0.3) is 0 Å². The molecule has 0 aliphatic rings. The van der Waals surface area contributed by atoms with Crippen LogP contribution in [0.4, 0.5) is 0 Å². The third-order valence-electron chi connectivity index (χ3n) is 2.67. The van der Waals surface area contributed by atoms with Crippen molar-refractivity contribution in [3.63, 3.8) is 0 Å². The van der Waals surface area contributed by atoms with Crippen LogP contribution < -0.4 is 0 Å². The minimum Gasteiger partial charge on any atom is -0.507 e. The van der Waals surface area contributed by atoms with E-state index >= 15 is 0 Å². The van der Waals surface area contributed by atoms with Crippen LogP contribution in [-0.2, 0) is 14.6 Å². The number of rotatable bonds is 3. The molecular weight excluding hydrogens is 228 g/mol. The van der Waals surface area contributed by atoms with E-state index in [1.54, 1.807) is 0 Å². The zero-order chi connectivity index (χ0) is 12.6. The van der Waals surface area contributed by atoms with E-state index in [1.165, 1.54) is 45.0 Å². The predicted molar refractivity (Wildman–Crippen MR) is 60.1 cm³/mol. The van der Waals surface area contributed by atoms with Crippen molar-refractivity contribution in [3.05, 3.63) is 24.3 Å². The molecule has 1 aromatic carbocycles. The smallest absolute Gasteiger partial charge is 0.194 e. The number of Topliss-reactive ketones (excluding diaryl/α,β-unsaturated/α-hetero) is 1. The molecule has 0 aliphatic heterocycles. The molecule has 88 valence electrons. The van der Waals surface area contributed by atoms with Crippen LogP contribution >= 0.6 is 0 Å². The Morgan fingerprint density at radius 3 is 2.19 bits per heavy atom. The maximum absolute atomic E-state index is 12.1. The van der Waals surface area contributed by atoms with Crippen molar-refractivity contribution >= 4 is 15.6 Å². The summed E-state index contributed by atoms with van der Waals surface area (Å²) < 4.78 is 22.7. The van der Waals surface area contributed by atoms with Crippen LogP contribution in [0.3, 0.4) is 0 Å². The van der Waals surface area contributed by atoms with Gasteiger partial charge in [0.1, 0.15) is 15.4 Å². The first-order chi connectivity index (χ1) is 7.21. The van der Waals surface area contributed by atoms with Crippen LogP contribution in [0, 0.1) is 0 Å². The topological polar surface area (TPSA) is 71.4 Å². The molecule has 5 heteroatoms. The van der Waals surface area contributed by atoms with E-state index in [4.69, 9.17) is 0 Å². The first-order valence-electron chi connectivity index (χ1n) is 4.75. The quantitative estimate of drug-likeness (QED) is 0.872. The zero-order valence-electron chi connectivity index (χ0n) is 9.39. The van der Waals surface area contributed by atoms with Gasteiger partial charge in [0, 0.05) is 0 Å². The number of hydrogen-bond acceptors (Lipinski definition) is 4. The summed E-state index contributed by atoms with van der Waals surface area (Å²) in [7, 11) is -3.87. The standard InChI is InChI=1S/C11H14O4S/c1-8(12)11(2,3)16(14,15)10-7-5-4-6-9(10)13/h4-7,13H,1-3H3. The zero-order valence-corrected chi connectivity index (χ0v) is 10.2. The van der Waals surface area contributed by atoms with Gasteiger partial charge in [-0.05, 0) is 32.9 Å². The summed E-state index contributed by atoms with van der Waals surface area (Å²) in [6, 6.07) is 5.59. The van der Waals surface area contributed by atoms with E-state index in [0.717, 1.165) is 0 Å². The van der Waals surface area contributed by atoms with Crippen LogP contribution in [0.5, 0.6) is 5.75 Å². The Morgan fingerprint density at radius 1 is 1.25 bits per heavy atom. The summed E-state index contributed by atoms with van der Waals surface area (Å²) in [6.07, 6.45) is 0. The Hall–Kier alpha value is -1.36. The predicted octanol–water partition coefficient (Wildman–Crippen LogP) is 1.53. The van der Waals surface area contributed by atoms with Gasteiger partial charge in [0.2, 0.25) is 0 Å². The second-order valence-corrected chi connectivity index (χ2v) is 6.50. The Morgan fingerprint density at radius 2 is 1.75 bits per heavy atom. The highest BCUT2D eigenvalue weighted by Gasteiger charge is 2.41. The molecule has 1 N–H and O–H groups in total. The molecule has 0 unspecified atom stereocenters. The van der Waals surface area contributed by atoms with Gasteiger partial charge in [-0.3, -0.25) is 4.79 Å². The van der Waals surface area contributed by atoms with Crippen LogP contribution in [0.2, 0.25) is 0 Å². The summed E-state index contributed by atoms with van der Waals surface area (Å²) >= 11 is 0. The minimum atomic E-state index is -3.87. The minimum absolute atomic E-state index is 0.213. The maximum atomic E-state index is 12.1. The Bertz CT molecular complexity index is 515. The first-order valence-corrected chi connectivity index (χ1v) is 6.23. The van der Waals surface area contributed by atoms with E-state index in [1.807, 2.05) is 0 Å². The number of benzene rings is 1. The highest BCUT2D eigenvalue weighted by atomic mass is 32.2. The molecule has 1 rings (SSSR count). The molecule has 0 radical (unpaired) electrons. The summed E-state index contributed by atoms with van der Waals surface area (Å²) in [5, 5.41) is 9.50. The fraction of sp³-hybridized carbons (Fsp3) is 0.364. The van der Waals surface area contributed by atoms with Gasteiger partial charge in [0.15, 0.2) is 15.6 Å². The number of aromatic hydroxyl groups is 1. The molecule has 0 spiro atoms. The van der Waals surface area contributed by atoms with Crippen molar-refractivity contribution in [2.75, 3.05) is 0 Å². The molecule has 0 bridgehead atoms. The number of carbonyl (C=O) groups is 1. The average molecular weight is 242 g/mol. The monoisotopic (exact) mass is 242 g/mol. The molecule has 0 atom stereocenters. The van der Waals surface area contributed by atoms with Crippen LogP contribution in [0.1, 0.15) is 20.8 Å². The van der Waals surface area contributed by atoms with Gasteiger partial charge >= 0.3 is 0 Å². The first kappa shape index (κ1) is 12.7. The van der Waals surface area contributed by atoms with Gasteiger partial charge < -0.3 is 5.11 Å². The van der Waals surface area contributed by atoms with Crippen LogP contribution in [0.15, 0.2) is 29.2 Å². The number of ketones is 1. The van der Waals surface area contributed by atoms with E-state index in [-0.39, 0.29) is 10.6 Å². The van der Waals surface area contributed by atoms with E-state index in [0.29, 0.717) is 0 Å². The lowest BCUT2D eigenvalue weighted by atomic mass is 10.1. The van der Waals surface area contributed by atoms with Gasteiger partial charge in [-0.15, -0.1) is 0 Å². The van der Waals surface area contributed by atoms with E-state index < -0.39 is 20.4 Å². The average Bonchev–Trinajstić information content (AvgIpc) is 2.17. The highest BCUT2D eigenvalue weighted by molar-refractivity contribution is 7.93. The largest absolute Gasteiger partial charge is 0.507 e. The van der Waals surface area contributed by atoms with Crippen molar-refractivity contribution in [1.82, 2.24) is 0 Å². The number of sulfone groups is 1. The Kier molecular flexibility index (Phi) is 3.10. The molecule has 0 heterocycles. The van der Waals surface area contributed by atoms with Gasteiger partial charge in [-0.25, -0.2) is 8.42 Å². The lowest BCUT2D eigenvalue weighted by Crippen LogP contribution is -2.39. The molecule has 0 amide bonds. The maximum Gasteiger partial charge on any atom is 0.194 e. The normalized spacial score (nSPS) is 12.4. The fourth-order valence-corrected chi connectivity index (χ4v) is 2.68. The fourth-order valence-electron chi connectivity index (χ4n) is 1.15. The molecule has 0 saturated carbocycles. The van der Waals surface area contributed by atoms with Crippen molar-refractivity contribution in [3.8, 4) is 5.75 Å².